The fourth-order valence-corrected chi connectivity index (χ4v) is 9.42. The number of aromatic nitrogens is 3. The number of halogens is 3. The maximum Gasteiger partial charge on any atom is 0.410 e. The average molecular weight is 787 g/mol. The highest BCUT2D eigenvalue weighted by Crippen LogP contribution is 2.45. The second kappa shape index (κ2) is 15.1. The number of amides is 1. The summed E-state index contributed by atoms with van der Waals surface area (Å²) in [4.78, 5) is 34.5. The summed E-state index contributed by atoms with van der Waals surface area (Å²) in [6, 6.07) is 5.52. The van der Waals surface area contributed by atoms with Crippen LogP contribution >= 0.6 is 0 Å². The lowest BCUT2D eigenvalue weighted by Crippen LogP contribution is -2.60. The number of methoxy groups -OCH3 is 1. The quantitative estimate of drug-likeness (QED) is 0.125. The van der Waals surface area contributed by atoms with Crippen molar-refractivity contribution in [3.63, 3.8) is 0 Å². The zero-order chi connectivity index (χ0) is 40.2. The Morgan fingerprint density at radius 2 is 1.88 bits per heavy atom. The number of rotatable bonds is 9. The predicted molar refractivity (Wildman–Crippen MR) is 210 cm³/mol. The van der Waals surface area contributed by atoms with Crippen LogP contribution in [0.2, 0.25) is 0 Å². The molecule has 57 heavy (non-hydrogen) atoms. The predicted octanol–water partition coefficient (Wildman–Crippen LogP) is 7.58. The van der Waals surface area contributed by atoms with Gasteiger partial charge in [0.15, 0.2) is 12.6 Å². The van der Waals surface area contributed by atoms with Gasteiger partial charge in [0.2, 0.25) is 0 Å². The Hall–Kier alpha value is -4.87. The second-order valence-corrected chi connectivity index (χ2v) is 16.7. The first-order valence-corrected chi connectivity index (χ1v) is 19.9. The molecule has 0 bridgehead atoms. The van der Waals surface area contributed by atoms with Crippen molar-refractivity contribution in [1.29, 1.82) is 0 Å². The number of aryl methyl sites for hydroxylation is 1. The van der Waals surface area contributed by atoms with Crippen molar-refractivity contribution >= 4 is 33.6 Å². The number of anilines is 1. The summed E-state index contributed by atoms with van der Waals surface area (Å²) in [5.74, 6) is 1.90. The molecule has 11 nitrogen and oxygen atoms in total. The molecule has 0 aliphatic carbocycles. The standard InChI is InChI=1S/C43H49F3N6O5/c1-7-26-21-50-28(22-51(26)41(53)57-42(3,4)5)11-13-33-35-38(48-40(49-39(35)50)55-23-43-15-9-17-52(43)27(20-44)14-16-43)36(46)37(47-33)31-19-29(56-24-54-6)18-25-10-12-32(45)30(8-2)34(25)31/h2,10,12,18-19,26-28H,7,9,11,13-17,20-24H2,1,3-6H3/t26-,27+,28-,43+/m1/s1. The van der Waals surface area contributed by atoms with E-state index in [9.17, 15) is 9.18 Å². The molecule has 0 spiro atoms. The van der Waals surface area contributed by atoms with E-state index >= 15 is 8.78 Å². The van der Waals surface area contributed by atoms with Crippen LogP contribution in [0.3, 0.4) is 0 Å². The van der Waals surface area contributed by atoms with E-state index in [4.69, 9.17) is 40.3 Å². The summed E-state index contributed by atoms with van der Waals surface area (Å²) in [6.45, 7) is 8.85. The van der Waals surface area contributed by atoms with Crippen molar-refractivity contribution in [1.82, 2.24) is 24.8 Å². The van der Waals surface area contributed by atoms with Crippen molar-refractivity contribution in [3.05, 3.63) is 47.2 Å². The molecular weight excluding hydrogens is 738 g/mol. The first-order chi connectivity index (χ1) is 27.4. The fraction of sp³-hybridized carbons (Fsp3) is 0.535. The van der Waals surface area contributed by atoms with E-state index in [1.807, 2.05) is 27.7 Å². The van der Waals surface area contributed by atoms with E-state index in [-0.39, 0.29) is 71.5 Å². The van der Waals surface area contributed by atoms with Crippen LogP contribution in [0.5, 0.6) is 11.8 Å². The maximum atomic E-state index is 17.6. The molecule has 302 valence electrons. The second-order valence-electron chi connectivity index (χ2n) is 16.7. The molecule has 14 heteroatoms. The van der Waals surface area contributed by atoms with E-state index in [1.54, 1.807) is 23.1 Å². The summed E-state index contributed by atoms with van der Waals surface area (Å²) < 4.78 is 70.3. The van der Waals surface area contributed by atoms with E-state index in [2.05, 4.69) is 15.7 Å². The van der Waals surface area contributed by atoms with E-state index in [1.165, 1.54) is 13.2 Å². The molecule has 4 aliphatic heterocycles. The summed E-state index contributed by atoms with van der Waals surface area (Å²) in [5.41, 5.74) is -0.361. The van der Waals surface area contributed by atoms with Crippen LogP contribution in [0, 0.1) is 24.0 Å². The number of carbonyl (C=O) groups excluding carboxylic acids is 1. The number of piperazine rings is 1. The lowest BCUT2D eigenvalue weighted by Gasteiger charge is -2.46. The number of benzene rings is 2. The highest BCUT2D eigenvalue weighted by molar-refractivity contribution is 6.03. The van der Waals surface area contributed by atoms with Gasteiger partial charge < -0.3 is 28.7 Å². The minimum atomic E-state index is -0.753. The van der Waals surface area contributed by atoms with Gasteiger partial charge in [-0.1, -0.05) is 18.9 Å². The Balaban J connectivity index is 1.30. The van der Waals surface area contributed by atoms with Gasteiger partial charge in [-0.05, 0) is 95.8 Å². The first-order valence-electron chi connectivity index (χ1n) is 19.9. The van der Waals surface area contributed by atoms with Gasteiger partial charge in [0, 0.05) is 43.2 Å². The molecule has 3 saturated heterocycles. The molecule has 4 aromatic rings. The van der Waals surface area contributed by atoms with Gasteiger partial charge in [0.1, 0.15) is 47.5 Å². The van der Waals surface area contributed by atoms with E-state index in [0.717, 1.165) is 32.2 Å². The van der Waals surface area contributed by atoms with Crippen molar-refractivity contribution in [2.24, 2.45) is 0 Å². The number of hydrogen-bond donors (Lipinski definition) is 0. The fourth-order valence-electron chi connectivity index (χ4n) is 9.42. The van der Waals surface area contributed by atoms with Crippen molar-refractivity contribution in [2.45, 2.75) is 102 Å². The molecule has 8 rings (SSSR count). The Bertz CT molecular complexity index is 2260. The molecule has 0 saturated carbocycles. The lowest BCUT2D eigenvalue weighted by molar-refractivity contribution is 0.00970. The molecule has 6 heterocycles. The van der Waals surface area contributed by atoms with Crippen LogP contribution in [0.1, 0.15) is 77.5 Å². The third-order valence-corrected chi connectivity index (χ3v) is 12.1. The van der Waals surface area contributed by atoms with Gasteiger partial charge in [-0.3, -0.25) is 4.90 Å². The Labute approximate surface area is 330 Å². The molecule has 2 aromatic carbocycles. The monoisotopic (exact) mass is 786 g/mol. The largest absolute Gasteiger partial charge is 0.468 e. The van der Waals surface area contributed by atoms with Gasteiger partial charge >= 0.3 is 12.1 Å². The average Bonchev–Trinajstić information content (AvgIpc) is 3.72. The van der Waals surface area contributed by atoms with Crippen LogP contribution < -0.4 is 14.4 Å². The van der Waals surface area contributed by atoms with Gasteiger partial charge in [-0.2, -0.15) is 9.97 Å². The number of alkyl halides is 1. The number of ether oxygens (including phenoxy) is 4. The van der Waals surface area contributed by atoms with Crippen LogP contribution in [-0.2, 0) is 15.9 Å². The summed E-state index contributed by atoms with van der Waals surface area (Å²) in [5, 5.41) is 1.28. The zero-order valence-corrected chi connectivity index (χ0v) is 33.2. The summed E-state index contributed by atoms with van der Waals surface area (Å²) in [7, 11) is 1.49. The van der Waals surface area contributed by atoms with Gasteiger partial charge in [0.25, 0.3) is 0 Å². The molecule has 0 radical (unpaired) electrons. The molecule has 4 aliphatic rings. The number of carbonyl (C=O) groups is 1. The van der Waals surface area contributed by atoms with Crippen molar-refractivity contribution in [3.8, 4) is 35.4 Å². The Kier molecular flexibility index (Phi) is 10.4. The maximum absolute atomic E-state index is 17.6. The van der Waals surface area contributed by atoms with Crippen molar-refractivity contribution < 1.29 is 36.9 Å². The minimum Gasteiger partial charge on any atom is -0.468 e. The van der Waals surface area contributed by atoms with E-state index < -0.39 is 23.9 Å². The Morgan fingerprint density at radius 3 is 2.61 bits per heavy atom. The number of fused-ring (bicyclic) bond motifs is 4. The smallest absolute Gasteiger partial charge is 0.410 e. The molecule has 0 unspecified atom stereocenters. The molecular formula is C43H49F3N6O5. The summed E-state index contributed by atoms with van der Waals surface area (Å²) >= 11 is 0. The third-order valence-electron chi connectivity index (χ3n) is 12.1. The molecule has 4 atom stereocenters. The van der Waals surface area contributed by atoms with Crippen LogP contribution in [-0.4, -0.2) is 107 Å². The van der Waals surface area contributed by atoms with Crippen molar-refractivity contribution in [2.75, 3.05) is 51.7 Å². The van der Waals surface area contributed by atoms with E-state index in [0.29, 0.717) is 65.8 Å². The molecule has 3 fully saturated rings. The van der Waals surface area contributed by atoms with Crippen LogP contribution in [0.4, 0.5) is 23.8 Å². The van der Waals surface area contributed by atoms with Crippen LogP contribution in [0.15, 0.2) is 24.3 Å². The molecule has 2 aromatic heterocycles. The van der Waals surface area contributed by atoms with Gasteiger partial charge in [-0.15, -0.1) is 6.42 Å². The number of hydrogen-bond acceptors (Lipinski definition) is 10. The van der Waals surface area contributed by atoms with Gasteiger partial charge in [-0.25, -0.2) is 22.9 Å². The first kappa shape index (κ1) is 39.0. The normalized spacial score (nSPS) is 23.3. The zero-order valence-electron chi connectivity index (χ0n) is 33.2. The van der Waals surface area contributed by atoms with Crippen LogP contribution in [0.25, 0.3) is 32.9 Å². The topological polar surface area (TPSA) is 102 Å². The molecule has 0 N–H and O–H groups in total. The Morgan fingerprint density at radius 1 is 1.05 bits per heavy atom. The SMILES string of the molecule is C#Cc1c(F)ccc2cc(OCOC)cc(-c3nc4c5c(nc(OC[C@@]67CCCN6[C@H](CF)CC7)nc5c3F)N3C[C@@H](CC)N(C(=O)OC(C)(C)C)C[C@H]3CC4)c12. The highest BCUT2D eigenvalue weighted by atomic mass is 19.1. The number of nitrogens with zero attached hydrogens (tertiary/aromatic N) is 6. The third kappa shape index (κ3) is 6.96. The number of terminal acetylenes is 1. The van der Waals surface area contributed by atoms with Gasteiger partial charge in [0.05, 0.1) is 28.2 Å². The minimum absolute atomic E-state index is 0.00197. The number of pyridine rings is 1. The lowest BCUT2D eigenvalue weighted by atomic mass is 9.95. The summed E-state index contributed by atoms with van der Waals surface area (Å²) in [6.07, 6.45) is 10.4. The molecule has 1 amide bonds. The highest BCUT2D eigenvalue weighted by Gasteiger charge is 2.50.